The summed E-state index contributed by atoms with van der Waals surface area (Å²) in [5.41, 5.74) is 1.50. The number of likely N-dealkylation sites (tertiary alicyclic amines) is 1. The first-order valence-corrected chi connectivity index (χ1v) is 7.12. The summed E-state index contributed by atoms with van der Waals surface area (Å²) in [6.45, 7) is 7.08. The van der Waals surface area contributed by atoms with Crippen molar-refractivity contribution in [3.8, 4) is 0 Å². The summed E-state index contributed by atoms with van der Waals surface area (Å²) in [5.74, 6) is 0.722. The Bertz CT molecular complexity index is 277. The zero-order chi connectivity index (χ0) is 10.8. The molecular formula is C12H19NS2. The minimum absolute atomic E-state index is 0.693. The molecule has 0 aromatic heterocycles. The Balaban J connectivity index is 2.07. The maximum absolute atomic E-state index is 5.37. The molecule has 1 fully saturated rings. The fourth-order valence-electron chi connectivity index (χ4n) is 2.22. The Hall–Kier alpha value is -0.0200. The van der Waals surface area contributed by atoms with Crippen LogP contribution in [-0.4, -0.2) is 27.4 Å². The second-order valence-corrected chi connectivity index (χ2v) is 6.73. The molecular weight excluding hydrogens is 222 g/mol. The zero-order valence-electron chi connectivity index (χ0n) is 9.53. The van der Waals surface area contributed by atoms with Crippen LogP contribution in [-0.2, 0) is 0 Å². The zero-order valence-corrected chi connectivity index (χ0v) is 11.2. The topological polar surface area (TPSA) is 3.24 Å². The van der Waals surface area contributed by atoms with Crippen LogP contribution in [0.2, 0.25) is 0 Å². The molecule has 3 heteroatoms. The number of rotatable bonds is 2. The second kappa shape index (κ2) is 4.88. The van der Waals surface area contributed by atoms with Gasteiger partial charge < -0.3 is 4.90 Å². The van der Waals surface area contributed by atoms with Crippen LogP contribution in [0.1, 0.15) is 33.1 Å². The van der Waals surface area contributed by atoms with Gasteiger partial charge in [0.15, 0.2) is 0 Å². The average molecular weight is 241 g/mol. The highest BCUT2D eigenvalue weighted by molar-refractivity contribution is 8.24. The lowest BCUT2D eigenvalue weighted by molar-refractivity contribution is 0.397. The molecule has 0 saturated carbocycles. The minimum atomic E-state index is 0.693. The molecule has 1 atom stereocenters. The van der Waals surface area contributed by atoms with E-state index in [9.17, 15) is 0 Å². The van der Waals surface area contributed by atoms with Crippen molar-refractivity contribution in [1.82, 2.24) is 4.90 Å². The summed E-state index contributed by atoms with van der Waals surface area (Å²) < 4.78 is 1.09. The van der Waals surface area contributed by atoms with Gasteiger partial charge >= 0.3 is 0 Å². The highest BCUT2D eigenvalue weighted by Gasteiger charge is 2.25. The molecule has 0 aromatic carbocycles. The number of thiocarbonyl (C=S) groups is 1. The fourth-order valence-corrected chi connectivity index (χ4v) is 3.76. The van der Waals surface area contributed by atoms with E-state index in [2.05, 4.69) is 24.8 Å². The lowest BCUT2D eigenvalue weighted by Gasteiger charge is -2.31. The molecule has 15 heavy (non-hydrogen) atoms. The molecule has 2 rings (SSSR count). The summed E-state index contributed by atoms with van der Waals surface area (Å²) in [6.07, 6.45) is 6.14. The first kappa shape index (κ1) is 11.5. The summed E-state index contributed by atoms with van der Waals surface area (Å²) >= 11 is 7.26. The Morgan fingerprint density at radius 3 is 2.67 bits per heavy atom. The van der Waals surface area contributed by atoms with Crippen molar-refractivity contribution in [2.75, 3.05) is 13.1 Å². The number of nitrogens with zero attached hydrogens (tertiary/aromatic N) is 1. The predicted octanol–water partition coefficient (Wildman–Crippen LogP) is 3.46. The first-order chi connectivity index (χ1) is 7.16. The summed E-state index contributed by atoms with van der Waals surface area (Å²) in [7, 11) is 0. The highest BCUT2D eigenvalue weighted by atomic mass is 32.2. The standard InChI is InChI=1S/C12H19NS2/c1-9(2)11-7-10(8-12(14)15-11)13-5-3-4-6-13/h8-9,11H,3-7H2,1-2H3. The van der Waals surface area contributed by atoms with E-state index in [1.54, 1.807) is 0 Å². The van der Waals surface area contributed by atoms with Gasteiger partial charge in [0.05, 0.1) is 4.20 Å². The molecule has 1 unspecified atom stereocenters. The third kappa shape index (κ3) is 2.76. The van der Waals surface area contributed by atoms with Crippen molar-refractivity contribution < 1.29 is 0 Å². The third-order valence-corrected chi connectivity index (χ3v) is 4.99. The van der Waals surface area contributed by atoms with Crippen molar-refractivity contribution in [1.29, 1.82) is 0 Å². The van der Waals surface area contributed by atoms with E-state index < -0.39 is 0 Å². The summed E-state index contributed by atoms with van der Waals surface area (Å²) in [5, 5.41) is 0.693. The molecule has 0 bridgehead atoms. The molecule has 0 aromatic rings. The number of hydrogen-bond acceptors (Lipinski definition) is 3. The fraction of sp³-hybridized carbons (Fsp3) is 0.750. The van der Waals surface area contributed by atoms with Gasteiger partial charge in [-0.15, -0.1) is 11.8 Å². The average Bonchev–Trinajstić information content (AvgIpc) is 2.69. The first-order valence-electron chi connectivity index (χ1n) is 5.83. The lowest BCUT2D eigenvalue weighted by atomic mass is 10.0. The minimum Gasteiger partial charge on any atom is -0.375 e. The molecule has 1 saturated heterocycles. The maximum atomic E-state index is 5.37. The largest absolute Gasteiger partial charge is 0.375 e. The van der Waals surface area contributed by atoms with E-state index in [0.29, 0.717) is 5.25 Å². The van der Waals surface area contributed by atoms with E-state index in [-0.39, 0.29) is 0 Å². The van der Waals surface area contributed by atoms with Crippen molar-refractivity contribution >= 4 is 28.2 Å². The summed E-state index contributed by atoms with van der Waals surface area (Å²) in [4.78, 5) is 2.53. The normalized spacial score (nSPS) is 27.4. The van der Waals surface area contributed by atoms with E-state index in [4.69, 9.17) is 12.2 Å². The molecule has 0 amide bonds. The number of allylic oxidation sites excluding steroid dienone is 1. The van der Waals surface area contributed by atoms with Gasteiger partial charge in [-0.25, -0.2) is 0 Å². The van der Waals surface area contributed by atoms with Crippen LogP contribution in [0.15, 0.2) is 11.8 Å². The molecule has 84 valence electrons. The van der Waals surface area contributed by atoms with Gasteiger partial charge in [-0.05, 0) is 31.3 Å². The van der Waals surface area contributed by atoms with Crippen LogP contribution in [0.4, 0.5) is 0 Å². The van der Waals surface area contributed by atoms with Crippen molar-refractivity contribution in [2.24, 2.45) is 5.92 Å². The van der Waals surface area contributed by atoms with Gasteiger partial charge in [0.2, 0.25) is 0 Å². The third-order valence-electron chi connectivity index (χ3n) is 3.22. The van der Waals surface area contributed by atoms with E-state index in [0.717, 1.165) is 10.1 Å². The molecule has 1 nitrogen and oxygen atoms in total. The molecule has 0 aliphatic carbocycles. The highest BCUT2D eigenvalue weighted by Crippen LogP contribution is 2.34. The predicted molar refractivity (Wildman–Crippen MR) is 72.3 cm³/mol. The molecule has 2 heterocycles. The van der Waals surface area contributed by atoms with Crippen molar-refractivity contribution in [3.05, 3.63) is 11.8 Å². The summed E-state index contributed by atoms with van der Waals surface area (Å²) in [6, 6.07) is 0. The number of hydrogen-bond donors (Lipinski definition) is 0. The maximum Gasteiger partial charge on any atom is 0.0725 e. The molecule has 0 radical (unpaired) electrons. The van der Waals surface area contributed by atoms with Crippen molar-refractivity contribution in [3.63, 3.8) is 0 Å². The van der Waals surface area contributed by atoms with Crippen LogP contribution in [0.3, 0.4) is 0 Å². The van der Waals surface area contributed by atoms with E-state index >= 15 is 0 Å². The second-order valence-electron chi connectivity index (χ2n) is 4.75. The van der Waals surface area contributed by atoms with Gasteiger partial charge in [-0.1, -0.05) is 26.1 Å². The van der Waals surface area contributed by atoms with Crippen LogP contribution < -0.4 is 0 Å². The molecule has 0 spiro atoms. The SMILES string of the molecule is CC(C)C1CC(N2CCCC2)=CC(=S)S1. The van der Waals surface area contributed by atoms with Gasteiger partial charge in [-0.2, -0.15) is 0 Å². The van der Waals surface area contributed by atoms with Crippen LogP contribution in [0.5, 0.6) is 0 Å². The van der Waals surface area contributed by atoms with E-state index in [1.807, 2.05) is 11.8 Å². The Labute approximate surface area is 102 Å². The molecule has 2 aliphatic rings. The molecule has 0 N–H and O–H groups in total. The molecule has 2 aliphatic heterocycles. The Morgan fingerprint density at radius 2 is 2.07 bits per heavy atom. The lowest BCUT2D eigenvalue weighted by Crippen LogP contribution is -2.27. The van der Waals surface area contributed by atoms with Crippen LogP contribution in [0, 0.1) is 5.92 Å². The van der Waals surface area contributed by atoms with Crippen molar-refractivity contribution in [2.45, 2.75) is 38.4 Å². The van der Waals surface area contributed by atoms with Gasteiger partial charge in [0, 0.05) is 24.0 Å². The Morgan fingerprint density at radius 1 is 1.40 bits per heavy atom. The van der Waals surface area contributed by atoms with Gasteiger partial charge in [-0.3, -0.25) is 0 Å². The quantitative estimate of drug-likeness (QED) is 0.682. The van der Waals surface area contributed by atoms with Crippen LogP contribution in [0.25, 0.3) is 0 Å². The van der Waals surface area contributed by atoms with Gasteiger partial charge in [0.25, 0.3) is 0 Å². The van der Waals surface area contributed by atoms with E-state index in [1.165, 1.54) is 38.0 Å². The van der Waals surface area contributed by atoms with Crippen LogP contribution >= 0.6 is 24.0 Å². The Kier molecular flexibility index (Phi) is 3.73. The smallest absolute Gasteiger partial charge is 0.0725 e. The van der Waals surface area contributed by atoms with Gasteiger partial charge in [0.1, 0.15) is 0 Å². The number of thioether (sulfide) groups is 1. The monoisotopic (exact) mass is 241 g/mol.